The van der Waals surface area contributed by atoms with Crippen LogP contribution in [0.2, 0.25) is 0 Å². The molecule has 0 amide bonds. The first-order valence-corrected chi connectivity index (χ1v) is 7.49. The summed E-state index contributed by atoms with van der Waals surface area (Å²) >= 11 is 0. The van der Waals surface area contributed by atoms with Gasteiger partial charge in [-0.25, -0.2) is 4.39 Å². The van der Waals surface area contributed by atoms with Gasteiger partial charge < -0.3 is 10.6 Å². The Morgan fingerprint density at radius 1 is 1.14 bits per heavy atom. The van der Waals surface area contributed by atoms with Gasteiger partial charge in [0.05, 0.1) is 17.6 Å². The zero-order chi connectivity index (χ0) is 15.5. The van der Waals surface area contributed by atoms with Crippen LogP contribution in [0.5, 0.6) is 0 Å². The van der Waals surface area contributed by atoms with E-state index < -0.39 is 6.67 Å². The van der Waals surface area contributed by atoms with E-state index in [2.05, 4.69) is 10.00 Å². The maximum atomic E-state index is 12.6. The molecule has 0 spiro atoms. The van der Waals surface area contributed by atoms with E-state index in [0.29, 0.717) is 16.9 Å². The number of nitrogens with two attached hydrogens (primary N) is 1. The van der Waals surface area contributed by atoms with Gasteiger partial charge in [-0.15, -0.1) is 0 Å². The Labute approximate surface area is 128 Å². The molecule has 2 heterocycles. The van der Waals surface area contributed by atoms with Crippen LogP contribution < -0.4 is 16.2 Å². The molecule has 3 rings (SSSR count). The smallest absolute Gasteiger partial charge is 0.296 e. The molecule has 0 radical (unpaired) electrons. The molecule has 0 aliphatic carbocycles. The quantitative estimate of drug-likeness (QED) is 0.944. The van der Waals surface area contributed by atoms with Crippen molar-refractivity contribution in [1.29, 1.82) is 0 Å². The highest BCUT2D eigenvalue weighted by atomic mass is 19.1. The lowest BCUT2D eigenvalue weighted by molar-refractivity contribution is 0.485. The molecular weight excluding hydrogens is 283 g/mol. The number of rotatable bonds is 3. The summed E-state index contributed by atoms with van der Waals surface area (Å²) in [7, 11) is 0. The summed E-state index contributed by atoms with van der Waals surface area (Å²) in [5.74, 6) is 0. The second kappa shape index (κ2) is 6.17. The van der Waals surface area contributed by atoms with E-state index in [4.69, 9.17) is 5.73 Å². The normalized spacial score (nSPS) is 15.0. The van der Waals surface area contributed by atoms with Gasteiger partial charge >= 0.3 is 0 Å². The van der Waals surface area contributed by atoms with E-state index in [1.807, 2.05) is 0 Å². The Balaban J connectivity index is 1.96. The predicted molar refractivity (Wildman–Crippen MR) is 85.1 cm³/mol. The summed E-state index contributed by atoms with van der Waals surface area (Å²) in [6.07, 6.45) is 5.06. The van der Waals surface area contributed by atoms with E-state index in [-0.39, 0.29) is 11.2 Å². The lowest BCUT2D eigenvalue weighted by Gasteiger charge is -2.29. The molecule has 2 aromatic rings. The Morgan fingerprint density at radius 2 is 1.82 bits per heavy atom. The third-order valence-electron chi connectivity index (χ3n) is 4.03. The average molecular weight is 302 g/mol. The number of nitrogen functional groups attached to an aromatic ring is 1. The minimum absolute atomic E-state index is 0.214. The molecule has 0 saturated carbocycles. The highest BCUT2D eigenvalue weighted by molar-refractivity contribution is 5.65. The van der Waals surface area contributed by atoms with Gasteiger partial charge in [0.25, 0.3) is 5.56 Å². The number of benzene rings is 1. The number of alkyl halides is 1. The first-order valence-electron chi connectivity index (χ1n) is 7.49. The summed E-state index contributed by atoms with van der Waals surface area (Å²) in [6, 6.07) is 6.61. The second-order valence-electron chi connectivity index (χ2n) is 5.51. The van der Waals surface area contributed by atoms with E-state index in [9.17, 15) is 9.18 Å². The first kappa shape index (κ1) is 14.6. The van der Waals surface area contributed by atoms with E-state index >= 15 is 0 Å². The van der Waals surface area contributed by atoms with Crippen molar-refractivity contribution < 1.29 is 4.39 Å². The Kier molecular flexibility index (Phi) is 4.09. The maximum Gasteiger partial charge on any atom is 0.296 e. The lowest BCUT2D eigenvalue weighted by Crippen LogP contribution is -2.33. The number of hydrogen-bond donors (Lipinski definition) is 1. The number of hydrogen-bond acceptors (Lipinski definition) is 4. The van der Waals surface area contributed by atoms with Crippen molar-refractivity contribution in [2.45, 2.75) is 25.9 Å². The van der Waals surface area contributed by atoms with E-state index in [1.165, 1.54) is 11.1 Å². The zero-order valence-corrected chi connectivity index (χ0v) is 12.3. The average Bonchev–Trinajstić information content (AvgIpc) is 2.58. The summed E-state index contributed by atoms with van der Waals surface area (Å²) in [6.45, 7) is 1.28. The fourth-order valence-electron chi connectivity index (χ4n) is 2.76. The lowest BCUT2D eigenvalue weighted by atomic mass is 10.1. The number of aromatic nitrogens is 2. The van der Waals surface area contributed by atoms with Crippen molar-refractivity contribution in [1.82, 2.24) is 9.78 Å². The number of halogens is 1. The van der Waals surface area contributed by atoms with Crippen LogP contribution in [0.25, 0.3) is 5.69 Å². The van der Waals surface area contributed by atoms with Crippen LogP contribution in [0.1, 0.15) is 24.8 Å². The monoisotopic (exact) mass is 302 g/mol. The van der Waals surface area contributed by atoms with Gasteiger partial charge in [0.15, 0.2) is 0 Å². The fraction of sp³-hybridized carbons (Fsp3) is 0.375. The molecule has 1 aromatic heterocycles. The van der Waals surface area contributed by atoms with Gasteiger partial charge in [0.1, 0.15) is 12.4 Å². The highest BCUT2D eigenvalue weighted by Gasteiger charge is 2.17. The van der Waals surface area contributed by atoms with E-state index in [0.717, 1.165) is 25.9 Å². The van der Waals surface area contributed by atoms with Crippen molar-refractivity contribution in [3.8, 4) is 5.69 Å². The van der Waals surface area contributed by atoms with Gasteiger partial charge in [-0.1, -0.05) is 12.1 Å². The molecule has 0 unspecified atom stereocenters. The second-order valence-corrected chi connectivity index (χ2v) is 5.51. The van der Waals surface area contributed by atoms with Crippen molar-refractivity contribution in [2.75, 3.05) is 23.7 Å². The van der Waals surface area contributed by atoms with E-state index in [1.54, 1.807) is 30.5 Å². The molecule has 1 saturated heterocycles. The summed E-state index contributed by atoms with van der Waals surface area (Å²) in [5.41, 5.74) is 7.77. The summed E-state index contributed by atoms with van der Waals surface area (Å²) in [5, 5.41) is 4.23. The van der Waals surface area contributed by atoms with Crippen LogP contribution in [0.15, 0.2) is 35.3 Å². The molecule has 6 heteroatoms. The SMILES string of the molecule is Nc1c(N2CCCCC2)cnn(-c2ccc(CF)cc2)c1=O. The van der Waals surface area contributed by atoms with Crippen molar-refractivity contribution in [3.05, 3.63) is 46.4 Å². The molecule has 1 aliphatic heterocycles. The van der Waals surface area contributed by atoms with Crippen LogP contribution in [0.3, 0.4) is 0 Å². The molecule has 1 fully saturated rings. The first-order chi connectivity index (χ1) is 10.7. The fourth-order valence-corrected chi connectivity index (χ4v) is 2.76. The van der Waals surface area contributed by atoms with Crippen molar-refractivity contribution >= 4 is 11.4 Å². The van der Waals surface area contributed by atoms with Gasteiger partial charge in [-0.05, 0) is 37.0 Å². The van der Waals surface area contributed by atoms with Crippen LogP contribution in [-0.2, 0) is 6.67 Å². The molecule has 1 aromatic carbocycles. The molecule has 0 bridgehead atoms. The molecule has 0 atom stereocenters. The Hall–Kier alpha value is -2.37. The Morgan fingerprint density at radius 3 is 2.45 bits per heavy atom. The standard InChI is InChI=1S/C16H19FN4O/c17-10-12-4-6-13(7-5-12)21-16(22)15(18)14(11-19-21)20-8-2-1-3-9-20/h4-7,11H,1-3,8-10,18H2. The largest absolute Gasteiger partial charge is 0.392 e. The molecule has 5 nitrogen and oxygen atoms in total. The molecule has 1 aliphatic rings. The minimum Gasteiger partial charge on any atom is -0.392 e. The Bertz CT molecular complexity index is 705. The van der Waals surface area contributed by atoms with Crippen molar-refractivity contribution in [2.24, 2.45) is 0 Å². The third-order valence-corrected chi connectivity index (χ3v) is 4.03. The maximum absolute atomic E-state index is 12.6. The summed E-state index contributed by atoms with van der Waals surface area (Å²) < 4.78 is 13.8. The van der Waals surface area contributed by atoms with Crippen LogP contribution >= 0.6 is 0 Å². The summed E-state index contributed by atoms with van der Waals surface area (Å²) in [4.78, 5) is 14.6. The van der Waals surface area contributed by atoms with Gasteiger partial charge in [-0.3, -0.25) is 4.79 Å². The molecule has 2 N–H and O–H groups in total. The zero-order valence-electron chi connectivity index (χ0n) is 12.3. The molecular formula is C16H19FN4O. The molecule has 22 heavy (non-hydrogen) atoms. The number of anilines is 2. The predicted octanol–water partition coefficient (Wildman–Crippen LogP) is 2.27. The van der Waals surface area contributed by atoms with Crippen LogP contribution in [0.4, 0.5) is 15.8 Å². The van der Waals surface area contributed by atoms with Gasteiger partial charge in [0, 0.05) is 13.1 Å². The minimum atomic E-state index is -0.529. The topological polar surface area (TPSA) is 64.2 Å². The highest BCUT2D eigenvalue weighted by Crippen LogP contribution is 2.23. The molecule has 116 valence electrons. The van der Waals surface area contributed by atoms with Crippen LogP contribution in [-0.4, -0.2) is 22.9 Å². The van der Waals surface area contributed by atoms with Crippen LogP contribution in [0, 0.1) is 0 Å². The van der Waals surface area contributed by atoms with Crippen molar-refractivity contribution in [3.63, 3.8) is 0 Å². The third kappa shape index (κ3) is 2.68. The van der Waals surface area contributed by atoms with Gasteiger partial charge in [0.2, 0.25) is 0 Å². The number of piperidine rings is 1. The van der Waals surface area contributed by atoms with Gasteiger partial charge in [-0.2, -0.15) is 9.78 Å². The number of nitrogens with zero attached hydrogens (tertiary/aromatic N) is 3.